The second-order valence-corrected chi connectivity index (χ2v) is 14.1. The number of anilines is 1. The van der Waals surface area contributed by atoms with Crippen molar-refractivity contribution in [1.82, 2.24) is 15.0 Å². The maximum atomic E-state index is 16.0. The first-order valence-corrected chi connectivity index (χ1v) is 15.8. The monoisotopic (exact) mass is 575 g/mol. The van der Waals surface area contributed by atoms with E-state index < -0.39 is 21.1 Å². The van der Waals surface area contributed by atoms with Gasteiger partial charge >= 0.3 is 0 Å². The summed E-state index contributed by atoms with van der Waals surface area (Å²) in [6.07, 6.45) is 5.99. The van der Waals surface area contributed by atoms with Gasteiger partial charge in [0, 0.05) is 35.9 Å². The van der Waals surface area contributed by atoms with Crippen molar-refractivity contribution in [2.24, 2.45) is 17.0 Å². The summed E-state index contributed by atoms with van der Waals surface area (Å²) in [6.45, 7) is 8.79. The summed E-state index contributed by atoms with van der Waals surface area (Å²) in [5.74, 6) is 0.743. The third-order valence-corrected chi connectivity index (χ3v) is 10.2. The zero-order valence-electron chi connectivity index (χ0n) is 22.9. The molecular weight excluding hydrogens is 537 g/mol. The highest BCUT2D eigenvalue weighted by molar-refractivity contribution is 7.89. The summed E-state index contributed by atoms with van der Waals surface area (Å²) in [7, 11) is -3.99. The Morgan fingerprint density at radius 2 is 1.85 bits per heavy atom. The third kappa shape index (κ3) is 6.82. The molecule has 4 N–H and O–H groups in total. The van der Waals surface area contributed by atoms with Gasteiger partial charge in [-0.2, -0.15) is 0 Å². The summed E-state index contributed by atoms with van der Waals surface area (Å²) in [5.41, 5.74) is 0.989. The number of sulfonamides is 1. The molecule has 1 atom stereocenters. The van der Waals surface area contributed by atoms with Gasteiger partial charge in [0.25, 0.3) is 0 Å². The van der Waals surface area contributed by atoms with Gasteiger partial charge in [0.15, 0.2) is 0 Å². The molecule has 0 aliphatic heterocycles. The van der Waals surface area contributed by atoms with E-state index in [1.807, 2.05) is 20.8 Å². The van der Waals surface area contributed by atoms with Crippen molar-refractivity contribution < 1.29 is 17.9 Å². The molecule has 3 aromatic rings. The van der Waals surface area contributed by atoms with E-state index in [0.717, 1.165) is 37.2 Å². The van der Waals surface area contributed by atoms with Crippen LogP contribution in [0.25, 0.3) is 21.8 Å². The Labute approximate surface area is 234 Å². The van der Waals surface area contributed by atoms with E-state index in [1.54, 1.807) is 31.3 Å². The Morgan fingerprint density at radius 3 is 2.46 bits per heavy atom. The van der Waals surface area contributed by atoms with E-state index in [1.165, 1.54) is 17.4 Å². The van der Waals surface area contributed by atoms with Crippen LogP contribution in [0.15, 0.2) is 30.5 Å². The fourth-order valence-electron chi connectivity index (χ4n) is 5.03. The standard InChI is InChI=1S/C28H38FN5O3S2/c1-5-22(39(30,36)37)19-7-6-8-20(23(19)29)24-25(38-26(34-24)28(2,3)4)21-13-14-31-27(33-21)32-15-17-9-11-18(16-35)12-10-17/h6-8,13-14,17-18,22,35H,5,9-12,15-16H2,1-4H3,(H2,30,36,37)(H,31,32,33). The first kappa shape index (κ1) is 29.5. The van der Waals surface area contributed by atoms with Crippen molar-refractivity contribution in [3.63, 3.8) is 0 Å². The van der Waals surface area contributed by atoms with Crippen molar-refractivity contribution in [3.05, 3.63) is 46.9 Å². The van der Waals surface area contributed by atoms with Crippen LogP contribution in [0.2, 0.25) is 0 Å². The van der Waals surface area contributed by atoms with Gasteiger partial charge in [0.1, 0.15) is 11.1 Å². The summed E-state index contributed by atoms with van der Waals surface area (Å²) in [5, 5.41) is 17.8. The van der Waals surface area contributed by atoms with Crippen LogP contribution in [0.1, 0.15) is 75.6 Å². The molecular formula is C28H38FN5O3S2. The molecule has 0 spiro atoms. The van der Waals surface area contributed by atoms with Gasteiger partial charge in [0.05, 0.1) is 21.3 Å². The summed E-state index contributed by atoms with van der Waals surface area (Å²) >= 11 is 1.44. The van der Waals surface area contributed by atoms with E-state index >= 15 is 4.39 Å². The number of hydrogen-bond acceptors (Lipinski definition) is 8. The minimum Gasteiger partial charge on any atom is -0.396 e. The molecule has 0 amide bonds. The highest BCUT2D eigenvalue weighted by Gasteiger charge is 2.30. The molecule has 1 aliphatic rings. The number of rotatable bonds is 9. The number of primary sulfonamides is 1. The molecule has 11 heteroatoms. The number of aromatic nitrogens is 3. The highest BCUT2D eigenvalue weighted by atomic mass is 32.2. The maximum Gasteiger partial charge on any atom is 0.223 e. The van der Waals surface area contributed by atoms with Gasteiger partial charge < -0.3 is 10.4 Å². The highest BCUT2D eigenvalue weighted by Crippen LogP contribution is 2.42. The Hall–Kier alpha value is -2.47. The van der Waals surface area contributed by atoms with E-state index in [-0.39, 0.29) is 29.6 Å². The number of aliphatic hydroxyl groups excluding tert-OH is 1. The quantitative estimate of drug-likeness (QED) is 0.300. The second kappa shape index (κ2) is 12.0. The smallest absolute Gasteiger partial charge is 0.223 e. The van der Waals surface area contributed by atoms with E-state index in [0.29, 0.717) is 34.0 Å². The number of benzene rings is 1. The molecule has 8 nitrogen and oxygen atoms in total. The molecule has 2 aromatic heterocycles. The third-order valence-electron chi connectivity index (χ3n) is 7.33. The number of aliphatic hydroxyl groups is 1. The summed E-state index contributed by atoms with van der Waals surface area (Å²) in [4.78, 5) is 14.7. The van der Waals surface area contributed by atoms with E-state index in [9.17, 15) is 13.5 Å². The van der Waals surface area contributed by atoms with Gasteiger partial charge in [0.2, 0.25) is 16.0 Å². The number of halogens is 1. The lowest BCUT2D eigenvalue weighted by Gasteiger charge is -2.27. The van der Waals surface area contributed by atoms with Gasteiger partial charge in [-0.05, 0) is 56.1 Å². The average Bonchev–Trinajstić information content (AvgIpc) is 3.35. The molecule has 1 saturated carbocycles. The van der Waals surface area contributed by atoms with Crippen LogP contribution in [0.5, 0.6) is 0 Å². The average molecular weight is 576 g/mol. The molecule has 1 fully saturated rings. The van der Waals surface area contributed by atoms with Crippen LogP contribution in [0.4, 0.5) is 10.3 Å². The molecule has 1 aromatic carbocycles. The predicted octanol–water partition coefficient (Wildman–Crippen LogP) is 5.65. The minimum atomic E-state index is -3.99. The minimum absolute atomic E-state index is 0.0368. The zero-order valence-corrected chi connectivity index (χ0v) is 24.6. The SMILES string of the molecule is CCC(c1cccc(-c2nc(C(C)(C)C)sc2-c2ccnc(NCC3CCC(CO)CC3)n2)c1F)S(N)(=O)=O. The lowest BCUT2D eigenvalue weighted by molar-refractivity contribution is 0.170. The van der Waals surface area contributed by atoms with Crippen molar-refractivity contribution >= 4 is 27.3 Å². The van der Waals surface area contributed by atoms with E-state index in [2.05, 4.69) is 10.3 Å². The van der Waals surface area contributed by atoms with Crippen molar-refractivity contribution in [2.45, 2.75) is 70.5 Å². The lowest BCUT2D eigenvalue weighted by Crippen LogP contribution is -2.23. The first-order valence-electron chi connectivity index (χ1n) is 13.4. The van der Waals surface area contributed by atoms with Crippen LogP contribution in [0.3, 0.4) is 0 Å². The number of nitrogens with two attached hydrogens (primary N) is 1. The molecule has 1 aliphatic carbocycles. The molecule has 1 unspecified atom stereocenters. The Kier molecular flexibility index (Phi) is 9.05. The number of hydrogen-bond donors (Lipinski definition) is 3. The van der Waals surface area contributed by atoms with E-state index in [4.69, 9.17) is 15.1 Å². The van der Waals surface area contributed by atoms with Gasteiger partial charge in [-0.3, -0.25) is 0 Å². The Bertz CT molecular complexity index is 1400. The van der Waals surface area contributed by atoms with Gasteiger partial charge in [-0.15, -0.1) is 11.3 Å². The Balaban J connectivity index is 1.70. The van der Waals surface area contributed by atoms with Gasteiger partial charge in [-0.25, -0.2) is 32.9 Å². The molecule has 0 radical (unpaired) electrons. The van der Waals surface area contributed by atoms with Crippen LogP contribution >= 0.6 is 11.3 Å². The molecule has 212 valence electrons. The zero-order chi connectivity index (χ0) is 28.4. The number of thiazole rings is 1. The second-order valence-electron chi connectivity index (χ2n) is 11.4. The molecule has 0 saturated heterocycles. The predicted molar refractivity (Wildman–Crippen MR) is 154 cm³/mol. The molecule has 0 bridgehead atoms. The van der Waals surface area contributed by atoms with Crippen LogP contribution in [-0.4, -0.2) is 41.6 Å². The topological polar surface area (TPSA) is 131 Å². The first-order chi connectivity index (χ1) is 18.4. The van der Waals surface area contributed by atoms with Crippen molar-refractivity contribution in [2.75, 3.05) is 18.5 Å². The summed E-state index contributed by atoms with van der Waals surface area (Å²) < 4.78 is 40.4. The van der Waals surface area contributed by atoms with Crippen molar-refractivity contribution in [3.8, 4) is 21.8 Å². The number of nitrogens with one attached hydrogen (secondary N) is 1. The maximum absolute atomic E-state index is 16.0. The summed E-state index contributed by atoms with van der Waals surface area (Å²) in [6, 6.07) is 6.50. The molecule has 39 heavy (non-hydrogen) atoms. The van der Waals surface area contributed by atoms with Crippen molar-refractivity contribution in [1.29, 1.82) is 0 Å². The largest absolute Gasteiger partial charge is 0.396 e. The lowest BCUT2D eigenvalue weighted by atomic mass is 9.82. The van der Waals surface area contributed by atoms with Gasteiger partial charge in [-0.1, -0.05) is 39.8 Å². The van der Waals surface area contributed by atoms with Crippen LogP contribution in [0, 0.1) is 17.7 Å². The molecule has 4 rings (SSSR count). The fourth-order valence-corrected chi connectivity index (χ4v) is 7.14. The molecule has 2 heterocycles. The fraction of sp³-hybridized carbons (Fsp3) is 0.536. The van der Waals surface area contributed by atoms with Crippen LogP contribution in [-0.2, 0) is 15.4 Å². The normalized spacial score (nSPS) is 19.2. The Morgan fingerprint density at radius 1 is 1.15 bits per heavy atom. The van der Waals surface area contributed by atoms with Crippen LogP contribution < -0.4 is 10.5 Å². The number of nitrogens with zero attached hydrogens (tertiary/aromatic N) is 3.